The Morgan fingerprint density at radius 2 is 1.90 bits per heavy atom. The van der Waals surface area contributed by atoms with Crippen LogP contribution in [0.3, 0.4) is 0 Å². The van der Waals surface area contributed by atoms with Crippen molar-refractivity contribution in [3.05, 3.63) is 52.8 Å². The molecule has 0 unspecified atom stereocenters. The van der Waals surface area contributed by atoms with Crippen molar-refractivity contribution in [2.24, 2.45) is 0 Å². The molecule has 1 aromatic carbocycles. The molecule has 0 spiro atoms. The molecule has 31 heavy (non-hydrogen) atoms. The molecule has 0 saturated carbocycles. The molecule has 1 aliphatic rings. The maximum absolute atomic E-state index is 13.2. The summed E-state index contributed by atoms with van der Waals surface area (Å²) in [5, 5.41) is 22.1. The summed E-state index contributed by atoms with van der Waals surface area (Å²) in [5.41, 5.74) is 2.39. The van der Waals surface area contributed by atoms with E-state index in [-0.39, 0.29) is 18.2 Å². The number of aliphatic hydroxyl groups excluding tert-OH is 1. The number of hydrogen-bond donors (Lipinski definition) is 2. The number of fused-ring (bicyclic) bond motifs is 1. The van der Waals surface area contributed by atoms with Crippen LogP contribution in [0.2, 0.25) is 0 Å². The van der Waals surface area contributed by atoms with Crippen LogP contribution in [0, 0.1) is 13.8 Å². The van der Waals surface area contributed by atoms with Gasteiger partial charge in [0.15, 0.2) is 5.82 Å². The molecule has 0 radical (unpaired) electrons. The number of nitrogens with zero attached hydrogens (tertiary/aromatic N) is 4. The van der Waals surface area contributed by atoms with Gasteiger partial charge in [0.1, 0.15) is 0 Å². The van der Waals surface area contributed by atoms with E-state index in [4.69, 9.17) is 0 Å². The molecule has 164 valence electrons. The van der Waals surface area contributed by atoms with Gasteiger partial charge in [-0.3, -0.25) is 4.98 Å². The highest BCUT2D eigenvalue weighted by atomic mass is 19.4. The molecule has 0 amide bonds. The number of benzene rings is 1. The van der Waals surface area contributed by atoms with Gasteiger partial charge < -0.3 is 15.3 Å². The molecule has 2 N–H and O–H groups in total. The number of hydrogen-bond acceptors (Lipinski definition) is 6. The first kappa shape index (κ1) is 21.3. The van der Waals surface area contributed by atoms with Crippen molar-refractivity contribution in [3.63, 3.8) is 0 Å². The van der Waals surface area contributed by atoms with Gasteiger partial charge in [-0.05, 0) is 49.9 Å². The molecule has 2 aromatic heterocycles. The fourth-order valence-corrected chi connectivity index (χ4v) is 3.94. The molecule has 3 aromatic rings. The predicted octanol–water partition coefficient (Wildman–Crippen LogP) is 4.23. The third-order valence-electron chi connectivity index (χ3n) is 5.80. The first-order valence-corrected chi connectivity index (χ1v) is 10.2. The Balaban J connectivity index is 1.64. The van der Waals surface area contributed by atoms with Crippen molar-refractivity contribution in [1.29, 1.82) is 0 Å². The first-order chi connectivity index (χ1) is 14.7. The average Bonchev–Trinajstić information content (AvgIpc) is 2.73. The predicted molar refractivity (Wildman–Crippen MR) is 113 cm³/mol. The number of nitrogens with one attached hydrogen (secondary N) is 1. The van der Waals surface area contributed by atoms with Gasteiger partial charge in [0.25, 0.3) is 0 Å². The Kier molecular flexibility index (Phi) is 5.70. The monoisotopic (exact) mass is 431 g/mol. The number of aromatic nitrogens is 3. The number of pyridine rings is 1. The van der Waals surface area contributed by atoms with Crippen molar-refractivity contribution in [2.75, 3.05) is 23.3 Å². The molecular formula is C22H24F3N5O. The molecule has 1 aliphatic heterocycles. The summed E-state index contributed by atoms with van der Waals surface area (Å²) in [5.74, 6) is 0.476. The smallest absolute Gasteiger partial charge is 0.393 e. The number of alkyl halides is 3. The van der Waals surface area contributed by atoms with Gasteiger partial charge in [0.2, 0.25) is 0 Å². The number of aliphatic hydroxyl groups is 1. The fourth-order valence-electron chi connectivity index (χ4n) is 3.94. The maximum Gasteiger partial charge on any atom is 0.416 e. The van der Waals surface area contributed by atoms with Crippen LogP contribution in [0.5, 0.6) is 0 Å². The second kappa shape index (κ2) is 8.30. The molecule has 9 heteroatoms. The van der Waals surface area contributed by atoms with E-state index in [1.165, 1.54) is 13.0 Å². The van der Waals surface area contributed by atoms with Crippen LogP contribution in [0.1, 0.15) is 35.2 Å². The van der Waals surface area contributed by atoms with Crippen molar-refractivity contribution < 1.29 is 18.3 Å². The third-order valence-corrected chi connectivity index (χ3v) is 5.80. The molecule has 1 fully saturated rings. The second-order valence-corrected chi connectivity index (χ2v) is 7.88. The van der Waals surface area contributed by atoms with E-state index in [2.05, 4.69) is 25.4 Å². The normalized spacial score (nSPS) is 15.5. The van der Waals surface area contributed by atoms with E-state index in [1.807, 2.05) is 13.0 Å². The van der Waals surface area contributed by atoms with Gasteiger partial charge in [-0.1, -0.05) is 12.1 Å². The maximum atomic E-state index is 13.2. The van der Waals surface area contributed by atoms with Crippen molar-refractivity contribution in [2.45, 2.75) is 45.5 Å². The summed E-state index contributed by atoms with van der Waals surface area (Å²) in [4.78, 5) is 6.72. The summed E-state index contributed by atoms with van der Waals surface area (Å²) >= 11 is 0. The summed E-state index contributed by atoms with van der Waals surface area (Å²) in [6.45, 7) is 4.95. The minimum absolute atomic E-state index is 0.183. The van der Waals surface area contributed by atoms with Gasteiger partial charge in [0, 0.05) is 25.0 Å². The standard InChI is InChI=1S/C22H24F3N5O/c1-13-15(4-3-5-19(13)22(23,24)25)11-27-21-18-10-16(30-8-6-17(31)7-9-30)12-26-20(18)14(2)28-29-21/h3-5,10,12,17,31H,6-9,11H2,1-2H3,(H,27,29). The molecule has 0 bridgehead atoms. The molecule has 0 aliphatic carbocycles. The number of halogens is 3. The summed E-state index contributed by atoms with van der Waals surface area (Å²) in [6.07, 6.45) is -1.48. The highest BCUT2D eigenvalue weighted by Crippen LogP contribution is 2.33. The lowest BCUT2D eigenvalue weighted by molar-refractivity contribution is -0.138. The Morgan fingerprint density at radius 1 is 1.16 bits per heavy atom. The minimum Gasteiger partial charge on any atom is -0.393 e. The van der Waals surface area contributed by atoms with Gasteiger partial charge >= 0.3 is 6.18 Å². The molecular weight excluding hydrogens is 407 g/mol. The Labute approximate surface area is 178 Å². The van der Waals surface area contributed by atoms with Crippen molar-refractivity contribution in [1.82, 2.24) is 15.2 Å². The van der Waals surface area contributed by atoms with Crippen LogP contribution in [-0.4, -0.2) is 39.5 Å². The number of anilines is 2. The van der Waals surface area contributed by atoms with Crippen molar-refractivity contribution in [3.8, 4) is 0 Å². The number of aryl methyl sites for hydroxylation is 1. The van der Waals surface area contributed by atoms with Gasteiger partial charge in [0.05, 0.1) is 34.8 Å². The van der Waals surface area contributed by atoms with E-state index in [9.17, 15) is 18.3 Å². The van der Waals surface area contributed by atoms with Crippen LogP contribution in [0.4, 0.5) is 24.7 Å². The largest absolute Gasteiger partial charge is 0.416 e. The lowest BCUT2D eigenvalue weighted by atomic mass is 10.0. The van der Waals surface area contributed by atoms with Crippen LogP contribution in [0.25, 0.3) is 10.9 Å². The summed E-state index contributed by atoms with van der Waals surface area (Å²) in [6, 6.07) is 6.15. The quantitative estimate of drug-likeness (QED) is 0.644. The third kappa shape index (κ3) is 4.41. The van der Waals surface area contributed by atoms with Crippen LogP contribution < -0.4 is 10.2 Å². The highest BCUT2D eigenvalue weighted by molar-refractivity contribution is 5.92. The molecule has 0 atom stereocenters. The molecule has 3 heterocycles. The SMILES string of the molecule is Cc1c(CNc2nnc(C)c3ncc(N4CCC(O)CC4)cc23)cccc1C(F)(F)F. The first-order valence-electron chi connectivity index (χ1n) is 10.2. The van der Waals surface area contributed by atoms with Gasteiger partial charge in [-0.2, -0.15) is 18.3 Å². The Bertz CT molecular complexity index is 1090. The number of rotatable bonds is 4. The zero-order valence-electron chi connectivity index (χ0n) is 17.4. The number of piperidine rings is 1. The van der Waals surface area contributed by atoms with E-state index in [0.717, 1.165) is 30.2 Å². The Morgan fingerprint density at radius 3 is 2.61 bits per heavy atom. The van der Waals surface area contributed by atoms with Gasteiger partial charge in [-0.25, -0.2) is 0 Å². The second-order valence-electron chi connectivity index (χ2n) is 7.88. The van der Waals surface area contributed by atoms with E-state index in [1.54, 1.807) is 12.3 Å². The van der Waals surface area contributed by atoms with Gasteiger partial charge in [-0.15, -0.1) is 5.10 Å². The highest BCUT2D eigenvalue weighted by Gasteiger charge is 2.32. The summed E-state index contributed by atoms with van der Waals surface area (Å²) in [7, 11) is 0. The Hall–Kier alpha value is -2.94. The van der Waals surface area contributed by atoms with Crippen LogP contribution in [-0.2, 0) is 12.7 Å². The van der Waals surface area contributed by atoms with Crippen LogP contribution in [0.15, 0.2) is 30.5 Å². The molecule has 6 nitrogen and oxygen atoms in total. The molecule has 1 saturated heterocycles. The average molecular weight is 431 g/mol. The van der Waals surface area contributed by atoms with Crippen LogP contribution >= 0.6 is 0 Å². The topological polar surface area (TPSA) is 74.2 Å². The zero-order valence-corrected chi connectivity index (χ0v) is 17.4. The molecule has 4 rings (SSSR count). The van der Waals surface area contributed by atoms with E-state index < -0.39 is 11.7 Å². The fraction of sp³-hybridized carbons (Fsp3) is 0.409. The minimum atomic E-state index is -4.39. The van der Waals surface area contributed by atoms with E-state index in [0.29, 0.717) is 35.4 Å². The van der Waals surface area contributed by atoms with Crippen molar-refractivity contribution >= 4 is 22.4 Å². The van der Waals surface area contributed by atoms with E-state index >= 15 is 0 Å². The lowest BCUT2D eigenvalue weighted by Gasteiger charge is -2.31. The summed E-state index contributed by atoms with van der Waals surface area (Å²) < 4.78 is 39.7. The zero-order chi connectivity index (χ0) is 22.2. The lowest BCUT2D eigenvalue weighted by Crippen LogP contribution is -2.35.